The molecule has 6 heterocycles. The number of rotatable bonds is 5. The van der Waals surface area contributed by atoms with Gasteiger partial charge in [0.2, 0.25) is 0 Å². The molecule has 0 saturated carbocycles. The SMILES string of the molecule is C1=Cc2c(n(-c3ccc4c(c3)c3ccccc3n4-c3ccccc3)c3ccc4c5ccc6c(c7ccccc7n6-c6cc(-c7ccc8oc9ccccc9c8c7)cc(-c7ccc8oc9ccccc9c8c7)c6)c5oc4c23)CC1. The van der Waals surface area contributed by atoms with Crippen LogP contribution in [0.3, 0.4) is 0 Å². The highest BCUT2D eigenvalue weighted by molar-refractivity contribution is 6.27. The summed E-state index contributed by atoms with van der Waals surface area (Å²) in [6.45, 7) is 0. The molecule has 0 amide bonds. The molecule has 6 aromatic heterocycles. The van der Waals surface area contributed by atoms with Gasteiger partial charge in [-0.05, 0) is 156 Å². The zero-order chi connectivity index (χ0) is 50.7. The van der Waals surface area contributed by atoms with Crippen LogP contribution in [-0.2, 0) is 6.42 Å². The second kappa shape index (κ2) is 15.6. The highest BCUT2D eigenvalue weighted by atomic mass is 16.3. The average Bonchev–Trinajstić information content (AvgIpc) is 4.47. The first kappa shape index (κ1) is 42.0. The second-order valence-electron chi connectivity index (χ2n) is 21.0. The Hall–Kier alpha value is -10.3. The number of hydrogen-bond donors (Lipinski definition) is 0. The van der Waals surface area contributed by atoms with Gasteiger partial charge in [-0.2, -0.15) is 0 Å². The Balaban J connectivity index is 0.860. The van der Waals surface area contributed by atoms with Gasteiger partial charge in [-0.1, -0.05) is 115 Å². The van der Waals surface area contributed by atoms with Crippen LogP contribution in [0.4, 0.5) is 0 Å². The van der Waals surface area contributed by atoms with Crippen LogP contribution >= 0.6 is 0 Å². The molecule has 17 aromatic rings. The first-order valence-corrected chi connectivity index (χ1v) is 26.9. The van der Waals surface area contributed by atoms with Crippen molar-refractivity contribution in [2.75, 3.05) is 0 Å². The van der Waals surface area contributed by atoms with Crippen LogP contribution in [0.2, 0.25) is 0 Å². The normalized spacial score (nSPS) is 13.0. The lowest BCUT2D eigenvalue weighted by molar-refractivity contribution is 0.668. The van der Waals surface area contributed by atoms with E-state index in [0.717, 1.165) is 151 Å². The molecule has 11 aromatic carbocycles. The van der Waals surface area contributed by atoms with Crippen molar-refractivity contribution in [2.24, 2.45) is 0 Å². The van der Waals surface area contributed by atoms with E-state index in [2.05, 4.69) is 226 Å². The number of fused-ring (bicyclic) bond motifs is 20. The summed E-state index contributed by atoms with van der Waals surface area (Å²) in [5, 5.41) is 12.5. The van der Waals surface area contributed by atoms with Gasteiger partial charge < -0.3 is 27.0 Å². The number of furan rings is 3. The lowest BCUT2D eigenvalue weighted by atomic mass is 9.96. The van der Waals surface area contributed by atoms with E-state index >= 15 is 0 Å². The predicted molar refractivity (Wildman–Crippen MR) is 322 cm³/mol. The third kappa shape index (κ3) is 5.80. The molecule has 0 N–H and O–H groups in total. The molecule has 78 heavy (non-hydrogen) atoms. The van der Waals surface area contributed by atoms with Crippen molar-refractivity contribution in [3.8, 4) is 39.3 Å². The molecule has 0 aliphatic heterocycles. The van der Waals surface area contributed by atoms with E-state index in [9.17, 15) is 0 Å². The lowest BCUT2D eigenvalue weighted by Gasteiger charge is -2.14. The molecule has 0 saturated heterocycles. The molecular weight excluding hydrogens is 955 g/mol. The molecule has 364 valence electrons. The van der Waals surface area contributed by atoms with Gasteiger partial charge in [0.1, 0.15) is 33.5 Å². The number of nitrogens with zero attached hydrogens (tertiary/aromatic N) is 3. The van der Waals surface area contributed by atoms with E-state index in [4.69, 9.17) is 13.3 Å². The molecule has 1 aliphatic carbocycles. The van der Waals surface area contributed by atoms with Gasteiger partial charge in [0.05, 0.1) is 38.4 Å². The highest BCUT2D eigenvalue weighted by Crippen LogP contribution is 2.47. The maximum Gasteiger partial charge on any atom is 0.145 e. The van der Waals surface area contributed by atoms with Crippen molar-refractivity contribution in [3.63, 3.8) is 0 Å². The molecule has 0 fully saturated rings. The summed E-state index contributed by atoms with van der Waals surface area (Å²) in [5.74, 6) is 0. The summed E-state index contributed by atoms with van der Waals surface area (Å²) in [4.78, 5) is 0. The number of allylic oxidation sites excluding steroid dienone is 1. The van der Waals surface area contributed by atoms with Crippen LogP contribution in [0.15, 0.2) is 244 Å². The Morgan fingerprint density at radius 3 is 1.53 bits per heavy atom. The van der Waals surface area contributed by atoms with Crippen molar-refractivity contribution in [1.29, 1.82) is 0 Å². The van der Waals surface area contributed by atoms with Gasteiger partial charge >= 0.3 is 0 Å². The Morgan fingerprint density at radius 2 is 0.833 bits per heavy atom. The third-order valence-corrected chi connectivity index (χ3v) is 16.9. The molecule has 6 heteroatoms. The minimum atomic E-state index is 0.876. The van der Waals surface area contributed by atoms with Crippen LogP contribution in [0.25, 0.3) is 166 Å². The topological polar surface area (TPSA) is 54.2 Å². The zero-order valence-electron chi connectivity index (χ0n) is 42.0. The number of benzene rings is 11. The van der Waals surface area contributed by atoms with Crippen LogP contribution in [0.1, 0.15) is 17.7 Å². The Kier molecular flexibility index (Phi) is 8.42. The number of aromatic nitrogens is 3. The van der Waals surface area contributed by atoms with Crippen molar-refractivity contribution in [3.05, 3.63) is 242 Å². The molecule has 0 radical (unpaired) electrons. The third-order valence-electron chi connectivity index (χ3n) is 16.9. The molecule has 1 aliphatic rings. The maximum absolute atomic E-state index is 7.47. The quantitative estimate of drug-likeness (QED) is 0.173. The van der Waals surface area contributed by atoms with Crippen molar-refractivity contribution in [2.45, 2.75) is 12.8 Å². The molecular formula is C72H43N3O3. The fourth-order valence-corrected chi connectivity index (χ4v) is 13.5. The molecule has 0 unspecified atom stereocenters. The molecule has 6 nitrogen and oxygen atoms in total. The second-order valence-corrected chi connectivity index (χ2v) is 21.0. The van der Waals surface area contributed by atoms with Gasteiger partial charge in [-0.15, -0.1) is 0 Å². The van der Waals surface area contributed by atoms with E-state index < -0.39 is 0 Å². The van der Waals surface area contributed by atoms with E-state index in [0.29, 0.717) is 0 Å². The first-order valence-electron chi connectivity index (χ1n) is 26.9. The smallest absolute Gasteiger partial charge is 0.145 e. The number of hydrogen-bond acceptors (Lipinski definition) is 3. The minimum absolute atomic E-state index is 0.876. The molecule has 0 bridgehead atoms. The standard InChI is InChI=1S/C72H43N3O3/c1-2-14-46(15-3-1)73-59-21-9-4-16-49(59)56-41-47(28-31-62(56)73)74-60-22-10-5-19-54(60)69-63(74)32-29-52-53-30-33-64-70(72(53)78-71(52)69)55-20-6-11-23-61(55)75(64)48-37-44(42-26-34-67-57(39-42)50-17-7-12-24-65(50)76-67)36-45(38-48)43-27-35-68-58(40-43)51-18-8-13-25-66(51)77-68/h1-9,11-21,23-41H,10,22H2. The van der Waals surface area contributed by atoms with Crippen molar-refractivity contribution < 1.29 is 13.3 Å². The fourth-order valence-electron chi connectivity index (χ4n) is 13.5. The molecule has 0 atom stereocenters. The lowest BCUT2D eigenvalue weighted by Crippen LogP contribution is -2.03. The summed E-state index contributed by atoms with van der Waals surface area (Å²) in [7, 11) is 0. The fraction of sp³-hybridized carbons (Fsp3) is 0.0278. The van der Waals surface area contributed by atoms with Gasteiger partial charge in [-0.25, -0.2) is 0 Å². The van der Waals surface area contributed by atoms with Crippen LogP contribution in [0.5, 0.6) is 0 Å². The van der Waals surface area contributed by atoms with Crippen LogP contribution in [0, 0.1) is 0 Å². The minimum Gasteiger partial charge on any atom is -0.456 e. The van der Waals surface area contributed by atoms with E-state index in [1.807, 2.05) is 24.3 Å². The van der Waals surface area contributed by atoms with Crippen LogP contribution < -0.4 is 0 Å². The number of para-hydroxylation sites is 5. The molecule has 18 rings (SSSR count). The molecule has 0 spiro atoms. The first-order chi connectivity index (χ1) is 38.7. The van der Waals surface area contributed by atoms with Crippen LogP contribution in [-0.4, -0.2) is 13.7 Å². The largest absolute Gasteiger partial charge is 0.456 e. The van der Waals surface area contributed by atoms with Crippen molar-refractivity contribution in [1.82, 2.24) is 13.7 Å². The summed E-state index contributed by atoms with van der Waals surface area (Å²) in [6, 6.07) is 81.3. The Labute approximate surface area is 445 Å². The van der Waals surface area contributed by atoms with Crippen molar-refractivity contribution >= 4 is 126 Å². The predicted octanol–water partition coefficient (Wildman–Crippen LogP) is 19.8. The Morgan fingerprint density at radius 1 is 0.295 bits per heavy atom. The average molecular weight is 998 g/mol. The summed E-state index contributed by atoms with van der Waals surface area (Å²) < 4.78 is 27.4. The Bertz CT molecular complexity index is 5330. The zero-order valence-corrected chi connectivity index (χ0v) is 42.0. The van der Waals surface area contributed by atoms with E-state index in [1.54, 1.807) is 0 Å². The highest BCUT2D eigenvalue weighted by Gasteiger charge is 2.26. The summed E-state index contributed by atoms with van der Waals surface area (Å²) in [6.07, 6.45) is 6.57. The maximum atomic E-state index is 7.47. The summed E-state index contributed by atoms with van der Waals surface area (Å²) >= 11 is 0. The van der Waals surface area contributed by atoms with Gasteiger partial charge in [-0.3, -0.25) is 0 Å². The van der Waals surface area contributed by atoms with E-state index in [1.165, 1.54) is 33.1 Å². The van der Waals surface area contributed by atoms with Gasteiger partial charge in [0, 0.05) is 76.8 Å². The summed E-state index contributed by atoms with van der Waals surface area (Å²) in [5.41, 5.74) is 21.4. The van der Waals surface area contributed by atoms with E-state index in [-0.39, 0.29) is 0 Å². The van der Waals surface area contributed by atoms with Gasteiger partial charge in [0.15, 0.2) is 0 Å². The van der Waals surface area contributed by atoms with Gasteiger partial charge in [0.25, 0.3) is 0 Å². The monoisotopic (exact) mass is 997 g/mol.